The number of nitrogens with two attached hydrogens (primary N) is 1. The summed E-state index contributed by atoms with van der Waals surface area (Å²) in [7, 11) is 0. The molecule has 2 rings (SSSR count). The Kier molecular flexibility index (Phi) is 21.1. The van der Waals surface area contributed by atoms with Crippen LogP contribution in [0.3, 0.4) is 0 Å². The first kappa shape index (κ1) is 28.0. The summed E-state index contributed by atoms with van der Waals surface area (Å²) in [6.45, 7) is 11.6. The number of carbonyl (C=O) groups excluding carboxylic acids is 2. The lowest BCUT2D eigenvalue weighted by Crippen LogP contribution is -2.32. The summed E-state index contributed by atoms with van der Waals surface area (Å²) in [5, 5.41) is 13.8. The van der Waals surface area contributed by atoms with Crippen LogP contribution in [-0.2, 0) is 9.59 Å². The van der Waals surface area contributed by atoms with Gasteiger partial charge in [-0.1, -0.05) is 57.1 Å². The first-order chi connectivity index (χ1) is 13.6. The Balaban J connectivity index is 0. The maximum absolute atomic E-state index is 11.4. The Morgan fingerprint density at radius 1 is 1.29 bits per heavy atom. The van der Waals surface area contributed by atoms with Gasteiger partial charge in [0.1, 0.15) is 6.29 Å². The topological polar surface area (TPSA) is 104 Å². The van der Waals surface area contributed by atoms with Crippen LogP contribution in [0.15, 0.2) is 48.7 Å². The predicted octanol–water partition coefficient (Wildman–Crippen LogP) is 2.76. The van der Waals surface area contributed by atoms with Crippen LogP contribution < -0.4 is 16.4 Å². The first-order valence-electron chi connectivity index (χ1n) is 9.91. The molecule has 1 aliphatic heterocycles. The van der Waals surface area contributed by atoms with Gasteiger partial charge >= 0.3 is 0 Å². The van der Waals surface area contributed by atoms with Crippen LogP contribution in [0.25, 0.3) is 0 Å². The monoisotopic (exact) mass is 393 g/mol. The van der Waals surface area contributed by atoms with E-state index in [0.29, 0.717) is 25.4 Å². The van der Waals surface area contributed by atoms with Crippen molar-refractivity contribution in [3.63, 3.8) is 0 Å². The van der Waals surface area contributed by atoms with Crippen LogP contribution in [0.1, 0.15) is 52.4 Å². The summed E-state index contributed by atoms with van der Waals surface area (Å²) in [5.41, 5.74) is 7.32. The van der Waals surface area contributed by atoms with E-state index in [1.54, 1.807) is 6.08 Å². The number of aldehydes is 1. The van der Waals surface area contributed by atoms with Crippen LogP contribution in [0.5, 0.6) is 0 Å². The zero-order valence-corrected chi connectivity index (χ0v) is 17.6. The van der Waals surface area contributed by atoms with E-state index in [2.05, 4.69) is 30.7 Å². The van der Waals surface area contributed by atoms with Crippen molar-refractivity contribution < 1.29 is 14.7 Å². The molecule has 1 aliphatic carbocycles. The van der Waals surface area contributed by atoms with Gasteiger partial charge in [0, 0.05) is 18.3 Å². The average Bonchev–Trinajstić information content (AvgIpc) is 3.09. The molecule has 1 fully saturated rings. The maximum Gasteiger partial charge on any atom is 0.250 e. The van der Waals surface area contributed by atoms with E-state index >= 15 is 0 Å². The minimum atomic E-state index is -0.361. The largest absolute Gasteiger partial charge is 0.389 e. The standard InChI is InChI=1S/C11H19N3O.C5H8.C4H8.C2H4O2/c12-6-9-10(7-13-11(9)15)14-8-4-2-1-3-5-8;1-3-5-4-2;1-3-4-2;3-1-2-4/h8,14H,1-7,12H2,(H,13,15);3-5H,1H2,2H3;3H,1,4H2,2H3;1,4H,2H2/b;5-4-;;. The molecular formula is C22H39N3O3. The molecule has 0 unspecified atom stereocenters. The average molecular weight is 394 g/mol. The van der Waals surface area contributed by atoms with Crippen molar-refractivity contribution in [3.8, 4) is 0 Å². The van der Waals surface area contributed by atoms with Gasteiger partial charge < -0.3 is 26.3 Å². The molecule has 0 atom stereocenters. The van der Waals surface area contributed by atoms with Gasteiger partial charge in [-0.05, 0) is 26.2 Å². The molecule has 1 amide bonds. The summed E-state index contributed by atoms with van der Waals surface area (Å²) in [5.74, 6) is -0.00388. The lowest BCUT2D eigenvalue weighted by Gasteiger charge is -2.24. The predicted molar refractivity (Wildman–Crippen MR) is 118 cm³/mol. The molecule has 0 radical (unpaired) electrons. The molecule has 0 aromatic carbocycles. The van der Waals surface area contributed by atoms with Gasteiger partial charge in [0.2, 0.25) is 0 Å². The lowest BCUT2D eigenvalue weighted by molar-refractivity contribution is -0.116. The Morgan fingerprint density at radius 2 is 1.86 bits per heavy atom. The molecular weight excluding hydrogens is 354 g/mol. The molecule has 0 bridgehead atoms. The highest BCUT2D eigenvalue weighted by Crippen LogP contribution is 2.19. The summed E-state index contributed by atoms with van der Waals surface area (Å²) >= 11 is 0. The van der Waals surface area contributed by atoms with E-state index in [4.69, 9.17) is 15.6 Å². The molecule has 1 heterocycles. The van der Waals surface area contributed by atoms with Crippen molar-refractivity contribution >= 4 is 12.2 Å². The van der Waals surface area contributed by atoms with E-state index < -0.39 is 0 Å². The van der Waals surface area contributed by atoms with Gasteiger partial charge in [0.05, 0.1) is 18.7 Å². The molecule has 0 aromatic rings. The Morgan fingerprint density at radius 3 is 2.21 bits per heavy atom. The Bertz CT molecular complexity index is 485. The molecule has 6 heteroatoms. The zero-order chi connectivity index (χ0) is 21.6. The fourth-order valence-corrected chi connectivity index (χ4v) is 2.50. The highest BCUT2D eigenvalue weighted by molar-refractivity contribution is 5.97. The van der Waals surface area contributed by atoms with Crippen molar-refractivity contribution in [1.29, 1.82) is 0 Å². The number of allylic oxidation sites excluding steroid dienone is 4. The zero-order valence-electron chi connectivity index (χ0n) is 17.6. The molecule has 28 heavy (non-hydrogen) atoms. The van der Waals surface area contributed by atoms with Gasteiger partial charge in [0.25, 0.3) is 5.91 Å². The summed E-state index contributed by atoms with van der Waals surface area (Å²) in [4.78, 5) is 20.3. The van der Waals surface area contributed by atoms with Crippen molar-refractivity contribution in [2.24, 2.45) is 5.73 Å². The number of hydrogen-bond donors (Lipinski definition) is 4. The molecule has 0 spiro atoms. The number of aliphatic hydroxyl groups excluding tert-OH is 1. The molecule has 6 nitrogen and oxygen atoms in total. The van der Waals surface area contributed by atoms with Gasteiger partial charge in [-0.15, -0.1) is 6.58 Å². The molecule has 1 saturated carbocycles. The highest BCUT2D eigenvalue weighted by atomic mass is 16.3. The second-order valence-electron chi connectivity index (χ2n) is 6.13. The van der Waals surface area contributed by atoms with Crippen molar-refractivity contribution in [2.75, 3.05) is 19.7 Å². The maximum atomic E-state index is 11.4. The van der Waals surface area contributed by atoms with Gasteiger partial charge in [0.15, 0.2) is 0 Å². The van der Waals surface area contributed by atoms with Crippen molar-refractivity contribution in [1.82, 2.24) is 10.6 Å². The quantitative estimate of drug-likeness (QED) is 0.316. The second-order valence-corrected chi connectivity index (χ2v) is 6.13. The summed E-state index contributed by atoms with van der Waals surface area (Å²) < 4.78 is 0. The number of nitrogens with one attached hydrogen (secondary N) is 2. The van der Waals surface area contributed by atoms with Gasteiger partial charge in [-0.2, -0.15) is 0 Å². The number of amides is 1. The molecule has 0 saturated heterocycles. The molecule has 160 valence electrons. The van der Waals surface area contributed by atoms with E-state index in [9.17, 15) is 4.79 Å². The third-order valence-corrected chi connectivity index (χ3v) is 3.94. The fourth-order valence-electron chi connectivity index (χ4n) is 2.50. The van der Waals surface area contributed by atoms with Crippen LogP contribution >= 0.6 is 0 Å². The third kappa shape index (κ3) is 14.9. The Hall–Kier alpha value is -2.18. The van der Waals surface area contributed by atoms with E-state index in [1.807, 2.05) is 25.2 Å². The van der Waals surface area contributed by atoms with Crippen molar-refractivity contribution in [2.45, 2.75) is 58.4 Å². The second kappa shape index (κ2) is 21.1. The van der Waals surface area contributed by atoms with Crippen LogP contribution in [0.2, 0.25) is 0 Å². The third-order valence-electron chi connectivity index (χ3n) is 3.94. The molecule has 0 aromatic heterocycles. The normalized spacial score (nSPS) is 15.8. The molecule has 5 N–H and O–H groups in total. The lowest BCUT2D eigenvalue weighted by atomic mass is 9.95. The van der Waals surface area contributed by atoms with Gasteiger partial charge in [-0.25, -0.2) is 0 Å². The summed E-state index contributed by atoms with van der Waals surface area (Å²) in [6.07, 6.45) is 15.3. The number of aliphatic hydroxyl groups is 1. The number of hydrogen-bond acceptors (Lipinski definition) is 5. The van der Waals surface area contributed by atoms with E-state index in [0.717, 1.165) is 17.7 Å². The fraction of sp³-hybridized carbons (Fsp3) is 0.545. The minimum Gasteiger partial charge on any atom is -0.389 e. The van der Waals surface area contributed by atoms with Gasteiger partial charge in [-0.3, -0.25) is 4.79 Å². The van der Waals surface area contributed by atoms with Crippen LogP contribution in [-0.4, -0.2) is 43.0 Å². The first-order valence-corrected chi connectivity index (χ1v) is 9.91. The summed E-state index contributed by atoms with van der Waals surface area (Å²) in [6, 6.07) is 0.544. The van der Waals surface area contributed by atoms with E-state index in [1.165, 1.54) is 32.1 Å². The SMILES string of the molecule is C=C/C=C\C.C=CCC.NCC1=C(NC2CCCCC2)CNC1=O.O=CCO. The smallest absolute Gasteiger partial charge is 0.250 e. The van der Waals surface area contributed by atoms with E-state index in [-0.39, 0.29) is 12.5 Å². The number of carbonyl (C=O) groups is 2. The Labute approximate surface area is 170 Å². The molecule has 2 aliphatic rings. The van der Waals surface area contributed by atoms with Crippen LogP contribution in [0.4, 0.5) is 0 Å². The van der Waals surface area contributed by atoms with Crippen molar-refractivity contribution in [3.05, 3.63) is 48.7 Å². The number of rotatable bonds is 6. The van der Waals surface area contributed by atoms with Crippen LogP contribution in [0, 0.1) is 0 Å². The minimum absolute atomic E-state index is 0.00388. The highest BCUT2D eigenvalue weighted by Gasteiger charge is 2.23.